The van der Waals surface area contributed by atoms with Gasteiger partial charge in [0.25, 0.3) is 0 Å². The number of carbonyl (C=O) groups is 1. The van der Waals surface area contributed by atoms with Gasteiger partial charge in [-0.1, -0.05) is 13.3 Å². The van der Waals surface area contributed by atoms with Crippen LogP contribution in [0.5, 0.6) is 0 Å². The average Bonchev–Trinajstić information content (AvgIpc) is 2.74. The predicted octanol–water partition coefficient (Wildman–Crippen LogP) is 1.47. The Morgan fingerprint density at radius 2 is 0.828 bits per heavy atom. The van der Waals surface area contributed by atoms with E-state index in [1.54, 1.807) is 0 Å². The number of esters is 1. The number of hydrogen-bond donors (Lipinski definition) is 0. The van der Waals surface area contributed by atoms with Crippen LogP contribution in [0.1, 0.15) is 26.2 Å². The molecule has 0 rings (SSSR count). The molecule has 0 aliphatic carbocycles. The van der Waals surface area contributed by atoms with Crippen molar-refractivity contribution in [2.45, 2.75) is 26.2 Å². The molecule has 0 saturated heterocycles. The fourth-order valence-electron chi connectivity index (χ4n) is 1.93. The largest absolute Gasteiger partial charge is 0.469 e. The Balaban J connectivity index is 3.01. The molecule has 0 radical (unpaired) electrons. The zero-order valence-electron chi connectivity index (χ0n) is 18.2. The Hall–Kier alpha value is -0.810. The van der Waals surface area contributed by atoms with E-state index >= 15 is 0 Å². The summed E-state index contributed by atoms with van der Waals surface area (Å²) in [6.45, 7) is 9.65. The van der Waals surface area contributed by atoms with Crippen molar-refractivity contribution in [1.82, 2.24) is 0 Å². The second kappa shape index (κ2) is 25.2. The molecular formula is C20H40O9. The van der Waals surface area contributed by atoms with Crippen molar-refractivity contribution in [1.29, 1.82) is 0 Å². The third kappa shape index (κ3) is 25.2. The van der Waals surface area contributed by atoms with Crippen LogP contribution in [0, 0.1) is 0 Å². The van der Waals surface area contributed by atoms with E-state index in [2.05, 4.69) is 11.7 Å². The zero-order chi connectivity index (χ0) is 21.3. The average molecular weight is 425 g/mol. The van der Waals surface area contributed by atoms with Gasteiger partial charge in [-0.3, -0.25) is 4.79 Å². The smallest absolute Gasteiger partial charge is 0.307 e. The van der Waals surface area contributed by atoms with Gasteiger partial charge in [-0.15, -0.1) is 0 Å². The maximum absolute atomic E-state index is 10.9. The van der Waals surface area contributed by atoms with Gasteiger partial charge in [-0.25, -0.2) is 0 Å². The predicted molar refractivity (Wildman–Crippen MR) is 107 cm³/mol. The van der Waals surface area contributed by atoms with Crippen molar-refractivity contribution in [2.24, 2.45) is 0 Å². The minimum Gasteiger partial charge on any atom is -0.469 e. The lowest BCUT2D eigenvalue weighted by Crippen LogP contribution is -2.14. The molecule has 0 unspecified atom stereocenters. The van der Waals surface area contributed by atoms with Crippen LogP contribution in [0.25, 0.3) is 0 Å². The summed E-state index contributed by atoms with van der Waals surface area (Å²) in [7, 11) is 1.36. The molecule has 0 aliphatic rings. The highest BCUT2D eigenvalue weighted by Crippen LogP contribution is 1.89. The molecule has 0 spiro atoms. The van der Waals surface area contributed by atoms with E-state index < -0.39 is 0 Å². The quantitative estimate of drug-likeness (QED) is 0.169. The number of methoxy groups -OCH3 is 1. The first-order valence-corrected chi connectivity index (χ1v) is 10.4. The highest BCUT2D eigenvalue weighted by atomic mass is 16.6. The van der Waals surface area contributed by atoms with E-state index in [1.807, 2.05) is 0 Å². The van der Waals surface area contributed by atoms with Crippen LogP contribution in [0.3, 0.4) is 0 Å². The van der Waals surface area contributed by atoms with Gasteiger partial charge in [-0.2, -0.15) is 0 Å². The SMILES string of the molecule is CCCCOCCOCCOCCOCCOCCOCCOCCC(=O)OC. The van der Waals surface area contributed by atoms with Crippen LogP contribution in [0.15, 0.2) is 0 Å². The minimum atomic E-state index is -0.277. The molecule has 0 saturated carbocycles. The Kier molecular flexibility index (Phi) is 24.5. The maximum atomic E-state index is 10.9. The van der Waals surface area contributed by atoms with E-state index in [-0.39, 0.29) is 12.4 Å². The lowest BCUT2D eigenvalue weighted by Gasteiger charge is -2.08. The van der Waals surface area contributed by atoms with E-state index in [1.165, 1.54) is 7.11 Å². The molecular weight excluding hydrogens is 384 g/mol. The molecule has 9 heteroatoms. The second-order valence-electron chi connectivity index (χ2n) is 5.97. The molecule has 174 valence electrons. The van der Waals surface area contributed by atoms with Crippen LogP contribution in [0.4, 0.5) is 0 Å². The molecule has 0 fully saturated rings. The van der Waals surface area contributed by atoms with E-state index in [0.717, 1.165) is 19.4 Å². The summed E-state index contributed by atoms with van der Waals surface area (Å²) >= 11 is 0. The molecule has 0 amide bonds. The van der Waals surface area contributed by atoms with Gasteiger partial charge in [0.2, 0.25) is 0 Å². The minimum absolute atomic E-state index is 0.257. The van der Waals surface area contributed by atoms with Gasteiger partial charge in [0.05, 0.1) is 99.4 Å². The van der Waals surface area contributed by atoms with E-state index in [0.29, 0.717) is 85.9 Å². The van der Waals surface area contributed by atoms with Gasteiger partial charge >= 0.3 is 5.97 Å². The Labute approximate surface area is 175 Å². The van der Waals surface area contributed by atoms with Gasteiger partial charge < -0.3 is 37.9 Å². The number of rotatable bonds is 24. The molecule has 29 heavy (non-hydrogen) atoms. The molecule has 0 N–H and O–H groups in total. The molecule has 0 aromatic rings. The topological polar surface area (TPSA) is 90.9 Å². The van der Waals surface area contributed by atoms with Crippen LogP contribution >= 0.6 is 0 Å². The number of unbranched alkanes of at least 4 members (excludes halogenated alkanes) is 1. The lowest BCUT2D eigenvalue weighted by atomic mass is 10.4. The second-order valence-corrected chi connectivity index (χ2v) is 5.97. The van der Waals surface area contributed by atoms with Gasteiger partial charge in [0, 0.05) is 6.61 Å². The summed E-state index contributed by atoms with van der Waals surface area (Å²) in [5, 5.41) is 0. The van der Waals surface area contributed by atoms with E-state index in [4.69, 9.17) is 33.2 Å². The zero-order valence-corrected chi connectivity index (χ0v) is 18.2. The van der Waals surface area contributed by atoms with Crippen molar-refractivity contribution in [2.75, 3.05) is 99.6 Å². The van der Waals surface area contributed by atoms with Crippen LogP contribution < -0.4 is 0 Å². The summed E-state index contributed by atoms with van der Waals surface area (Å²) in [4.78, 5) is 10.9. The molecule has 0 bridgehead atoms. The fourth-order valence-corrected chi connectivity index (χ4v) is 1.93. The van der Waals surface area contributed by atoms with E-state index in [9.17, 15) is 4.79 Å². The number of ether oxygens (including phenoxy) is 8. The normalized spacial score (nSPS) is 11.1. The van der Waals surface area contributed by atoms with Gasteiger partial charge in [-0.05, 0) is 6.42 Å². The van der Waals surface area contributed by atoms with Gasteiger partial charge in [0.15, 0.2) is 0 Å². The molecule has 0 aromatic carbocycles. The van der Waals surface area contributed by atoms with Crippen molar-refractivity contribution < 1.29 is 42.7 Å². The first-order valence-electron chi connectivity index (χ1n) is 10.4. The third-order valence-corrected chi connectivity index (χ3v) is 3.55. The van der Waals surface area contributed by atoms with Crippen molar-refractivity contribution in [3.8, 4) is 0 Å². The summed E-state index contributed by atoms with van der Waals surface area (Å²) < 4.78 is 42.1. The fraction of sp³-hybridized carbons (Fsp3) is 0.950. The first-order chi connectivity index (χ1) is 14.3. The van der Waals surface area contributed by atoms with Crippen molar-refractivity contribution >= 4 is 5.97 Å². The molecule has 9 nitrogen and oxygen atoms in total. The number of hydrogen-bond acceptors (Lipinski definition) is 9. The molecule has 0 atom stereocenters. The molecule has 0 aliphatic heterocycles. The summed E-state index contributed by atoms with van der Waals surface area (Å²) in [5.41, 5.74) is 0. The summed E-state index contributed by atoms with van der Waals surface area (Å²) in [6.07, 6.45) is 2.50. The standard InChI is InChI=1S/C20H40O9/c1-3-4-6-23-8-10-25-12-14-27-16-18-29-19-17-28-15-13-26-11-9-24-7-5-20(21)22-2/h3-19H2,1-2H3. The summed E-state index contributed by atoms with van der Waals surface area (Å²) in [6, 6.07) is 0. The van der Waals surface area contributed by atoms with Crippen LogP contribution in [0.2, 0.25) is 0 Å². The summed E-state index contributed by atoms with van der Waals surface area (Å²) in [5.74, 6) is -0.277. The van der Waals surface area contributed by atoms with Crippen LogP contribution in [-0.2, 0) is 42.7 Å². The molecule has 0 heterocycles. The Morgan fingerprint density at radius 1 is 0.517 bits per heavy atom. The maximum Gasteiger partial charge on any atom is 0.307 e. The Morgan fingerprint density at radius 3 is 1.14 bits per heavy atom. The monoisotopic (exact) mass is 424 g/mol. The lowest BCUT2D eigenvalue weighted by molar-refractivity contribution is -0.141. The van der Waals surface area contributed by atoms with Crippen molar-refractivity contribution in [3.63, 3.8) is 0 Å². The number of carbonyl (C=O) groups excluding carboxylic acids is 1. The van der Waals surface area contributed by atoms with Crippen molar-refractivity contribution in [3.05, 3.63) is 0 Å². The highest BCUT2D eigenvalue weighted by molar-refractivity contribution is 5.69. The Bertz CT molecular complexity index is 329. The molecule has 0 aromatic heterocycles. The first kappa shape index (κ1) is 28.2. The highest BCUT2D eigenvalue weighted by Gasteiger charge is 1.99. The van der Waals surface area contributed by atoms with Crippen LogP contribution in [-0.4, -0.2) is 106 Å². The third-order valence-electron chi connectivity index (χ3n) is 3.55. The van der Waals surface area contributed by atoms with Gasteiger partial charge in [0.1, 0.15) is 0 Å².